The Morgan fingerprint density at radius 2 is 1.75 bits per heavy atom. The molecule has 1 atom stereocenters. The van der Waals surface area contributed by atoms with Gasteiger partial charge >= 0.3 is 6.18 Å². The maximum atomic E-state index is 14.3. The molecular formula is C32H19ClF5N3O3. The number of anilines is 1. The molecule has 0 saturated heterocycles. The lowest BCUT2D eigenvalue weighted by Crippen LogP contribution is -2.21. The predicted octanol–water partition coefficient (Wildman–Crippen LogP) is 7.95. The molecule has 0 spiro atoms. The quantitative estimate of drug-likeness (QED) is 0.195. The summed E-state index contributed by atoms with van der Waals surface area (Å²) in [5, 5.41) is 6.13. The van der Waals surface area contributed by atoms with Crippen LogP contribution in [0.15, 0.2) is 79.0 Å². The SMILES string of the molecule is COc1cnc2ccc(-c3cc(NC(=O)c4cc(F)cc(C(F)(F)F)c4)c4c(c3)C(=O)NC4c3cc(F)ccc3Cl)cc2c1. The summed E-state index contributed by atoms with van der Waals surface area (Å²) in [6.07, 6.45) is -3.34. The number of carbonyl (C=O) groups is 2. The standard InChI is InChI=1S/C32H19ClF5N3O3/c1-44-22-9-17-6-15(2-5-26(17)39-14-22)16-10-24-28(29(41-31(24)43)23-13-20(34)3-4-25(23)33)27(11-16)40-30(42)18-7-19(32(36,37)38)12-21(35)8-18/h2-14,29H,1H3,(H,40,42)(H,41,43). The molecule has 1 aliphatic heterocycles. The second-order valence-electron chi connectivity index (χ2n) is 10.0. The molecule has 44 heavy (non-hydrogen) atoms. The summed E-state index contributed by atoms with van der Waals surface area (Å²) < 4.78 is 73.8. The first kappa shape index (κ1) is 29.1. The molecule has 4 aromatic carbocycles. The van der Waals surface area contributed by atoms with Gasteiger partial charge in [0.1, 0.15) is 17.4 Å². The van der Waals surface area contributed by atoms with E-state index in [0.717, 1.165) is 12.1 Å². The number of alkyl halides is 3. The molecule has 0 bridgehead atoms. The van der Waals surface area contributed by atoms with E-state index in [2.05, 4.69) is 15.6 Å². The van der Waals surface area contributed by atoms with Gasteiger partial charge in [-0.25, -0.2) is 8.78 Å². The normalized spacial score (nSPS) is 14.3. The Morgan fingerprint density at radius 3 is 2.50 bits per heavy atom. The molecule has 222 valence electrons. The largest absolute Gasteiger partial charge is 0.495 e. The van der Waals surface area contributed by atoms with Crippen molar-refractivity contribution in [2.24, 2.45) is 0 Å². The van der Waals surface area contributed by atoms with Crippen LogP contribution >= 0.6 is 11.6 Å². The van der Waals surface area contributed by atoms with E-state index in [4.69, 9.17) is 16.3 Å². The minimum atomic E-state index is -4.90. The Morgan fingerprint density at radius 1 is 0.955 bits per heavy atom. The molecule has 0 radical (unpaired) electrons. The number of amides is 2. The van der Waals surface area contributed by atoms with Crippen molar-refractivity contribution in [2.75, 3.05) is 12.4 Å². The lowest BCUT2D eigenvalue weighted by molar-refractivity contribution is -0.137. The maximum absolute atomic E-state index is 14.3. The van der Waals surface area contributed by atoms with Gasteiger partial charge in [0.05, 0.1) is 30.4 Å². The topological polar surface area (TPSA) is 80.3 Å². The molecule has 5 aromatic rings. The smallest absolute Gasteiger partial charge is 0.416 e. The fourth-order valence-electron chi connectivity index (χ4n) is 5.15. The third-order valence-electron chi connectivity index (χ3n) is 7.22. The zero-order valence-electron chi connectivity index (χ0n) is 22.5. The van der Waals surface area contributed by atoms with E-state index in [-0.39, 0.29) is 33.5 Å². The highest BCUT2D eigenvalue weighted by molar-refractivity contribution is 6.31. The Kier molecular flexibility index (Phi) is 7.21. The van der Waals surface area contributed by atoms with Gasteiger partial charge in [-0.3, -0.25) is 14.6 Å². The second-order valence-corrected chi connectivity index (χ2v) is 10.4. The number of methoxy groups -OCH3 is 1. The molecular weight excluding hydrogens is 605 g/mol. The number of rotatable bonds is 5. The monoisotopic (exact) mass is 623 g/mol. The average Bonchev–Trinajstić information content (AvgIpc) is 3.33. The molecule has 1 aliphatic rings. The first-order valence-corrected chi connectivity index (χ1v) is 13.4. The van der Waals surface area contributed by atoms with Crippen LogP contribution in [-0.4, -0.2) is 23.9 Å². The average molecular weight is 624 g/mol. The van der Waals surface area contributed by atoms with Crippen molar-refractivity contribution in [1.29, 1.82) is 0 Å². The minimum Gasteiger partial charge on any atom is -0.495 e. The van der Waals surface area contributed by atoms with Crippen LogP contribution < -0.4 is 15.4 Å². The van der Waals surface area contributed by atoms with Gasteiger partial charge in [-0.1, -0.05) is 17.7 Å². The fourth-order valence-corrected chi connectivity index (χ4v) is 5.38. The summed E-state index contributed by atoms with van der Waals surface area (Å²) in [6, 6.07) is 14.2. The summed E-state index contributed by atoms with van der Waals surface area (Å²) in [5.74, 6) is -3.00. The molecule has 6 nitrogen and oxygen atoms in total. The van der Waals surface area contributed by atoms with E-state index in [1.807, 2.05) is 0 Å². The number of nitrogens with zero attached hydrogens (tertiary/aromatic N) is 1. The summed E-state index contributed by atoms with van der Waals surface area (Å²) in [7, 11) is 1.50. The van der Waals surface area contributed by atoms with Crippen LogP contribution in [0.25, 0.3) is 22.0 Å². The van der Waals surface area contributed by atoms with Gasteiger partial charge in [-0.05, 0) is 77.9 Å². The minimum absolute atomic E-state index is 0.0212. The van der Waals surface area contributed by atoms with E-state index >= 15 is 0 Å². The zero-order valence-corrected chi connectivity index (χ0v) is 23.3. The molecule has 12 heteroatoms. The van der Waals surface area contributed by atoms with Crippen molar-refractivity contribution >= 4 is 40.0 Å². The number of pyridine rings is 1. The number of halogens is 6. The fraction of sp³-hybridized carbons (Fsp3) is 0.0938. The van der Waals surface area contributed by atoms with Crippen LogP contribution in [0.1, 0.15) is 43.4 Å². The van der Waals surface area contributed by atoms with Crippen LogP contribution in [-0.2, 0) is 6.18 Å². The van der Waals surface area contributed by atoms with Gasteiger partial charge < -0.3 is 15.4 Å². The second kappa shape index (κ2) is 10.9. The zero-order chi connectivity index (χ0) is 31.3. The lowest BCUT2D eigenvalue weighted by atomic mass is 9.92. The number of benzene rings is 4. The van der Waals surface area contributed by atoms with E-state index in [9.17, 15) is 31.5 Å². The number of hydrogen-bond donors (Lipinski definition) is 2. The molecule has 1 unspecified atom stereocenters. The van der Waals surface area contributed by atoms with E-state index in [1.165, 1.54) is 19.2 Å². The Hall–Kier alpha value is -5.03. The summed E-state index contributed by atoms with van der Waals surface area (Å²) in [4.78, 5) is 30.9. The Labute approximate surface area is 251 Å². The summed E-state index contributed by atoms with van der Waals surface area (Å²) in [5.41, 5.74) is 0.314. The highest BCUT2D eigenvalue weighted by atomic mass is 35.5. The van der Waals surface area contributed by atoms with Gasteiger partial charge in [0.25, 0.3) is 11.8 Å². The molecule has 1 aromatic heterocycles. The van der Waals surface area contributed by atoms with Crippen molar-refractivity contribution in [3.05, 3.63) is 123 Å². The number of ether oxygens (including phenoxy) is 1. The van der Waals surface area contributed by atoms with Crippen LogP contribution in [0, 0.1) is 11.6 Å². The van der Waals surface area contributed by atoms with Crippen LogP contribution in [0.5, 0.6) is 5.75 Å². The number of fused-ring (bicyclic) bond motifs is 2. The van der Waals surface area contributed by atoms with Crippen molar-refractivity contribution in [2.45, 2.75) is 12.2 Å². The maximum Gasteiger partial charge on any atom is 0.416 e. The number of aromatic nitrogens is 1. The number of hydrogen-bond acceptors (Lipinski definition) is 4. The van der Waals surface area contributed by atoms with Crippen LogP contribution in [0.3, 0.4) is 0 Å². The molecule has 6 rings (SSSR count). The van der Waals surface area contributed by atoms with Crippen molar-refractivity contribution in [3.63, 3.8) is 0 Å². The van der Waals surface area contributed by atoms with Crippen molar-refractivity contribution in [3.8, 4) is 16.9 Å². The first-order valence-electron chi connectivity index (χ1n) is 13.0. The Bertz CT molecular complexity index is 2000. The van der Waals surface area contributed by atoms with Gasteiger partial charge in [0.15, 0.2) is 0 Å². The molecule has 0 fully saturated rings. The van der Waals surface area contributed by atoms with Crippen LogP contribution in [0.4, 0.5) is 27.6 Å². The molecule has 2 N–H and O–H groups in total. The summed E-state index contributed by atoms with van der Waals surface area (Å²) in [6.45, 7) is 0. The summed E-state index contributed by atoms with van der Waals surface area (Å²) >= 11 is 6.36. The molecule has 0 saturated carbocycles. The van der Waals surface area contributed by atoms with Gasteiger partial charge in [0.2, 0.25) is 0 Å². The molecule has 0 aliphatic carbocycles. The van der Waals surface area contributed by atoms with E-state index in [1.54, 1.807) is 36.5 Å². The highest BCUT2D eigenvalue weighted by Gasteiger charge is 2.36. The number of carbonyl (C=O) groups excluding carboxylic acids is 2. The van der Waals surface area contributed by atoms with Crippen molar-refractivity contribution < 1.29 is 36.3 Å². The van der Waals surface area contributed by atoms with Gasteiger partial charge in [0, 0.05) is 38.4 Å². The van der Waals surface area contributed by atoms with Gasteiger partial charge in [-0.15, -0.1) is 0 Å². The third kappa shape index (κ3) is 5.42. The first-order chi connectivity index (χ1) is 20.9. The van der Waals surface area contributed by atoms with E-state index in [0.29, 0.717) is 39.9 Å². The molecule has 2 amide bonds. The van der Waals surface area contributed by atoms with Gasteiger partial charge in [-0.2, -0.15) is 13.2 Å². The lowest BCUT2D eigenvalue weighted by Gasteiger charge is -2.19. The van der Waals surface area contributed by atoms with Crippen LogP contribution in [0.2, 0.25) is 5.02 Å². The predicted molar refractivity (Wildman–Crippen MR) is 154 cm³/mol. The number of nitrogens with one attached hydrogen (secondary N) is 2. The highest BCUT2D eigenvalue weighted by Crippen LogP contribution is 2.42. The van der Waals surface area contributed by atoms with Crippen molar-refractivity contribution in [1.82, 2.24) is 10.3 Å². The molecule has 2 heterocycles. The third-order valence-corrected chi connectivity index (χ3v) is 7.56. The van der Waals surface area contributed by atoms with E-state index < -0.39 is 46.8 Å². The Balaban J connectivity index is 1.51.